The molecule has 14 nitrogen and oxygen atoms in total. The van der Waals surface area contributed by atoms with Crippen LogP contribution in [0.1, 0.15) is 6.92 Å². The Labute approximate surface area is 154 Å². The first-order valence-electron chi connectivity index (χ1n) is 6.53. The SMILES string of the molecule is CC(=O)Nc1ccc(S(=O)(=O)O)c(N=NN(CS(=O)(=O)O)CS(=O)(=O)O)c1. The number of rotatable bonds is 8. The summed E-state index contributed by atoms with van der Waals surface area (Å²) in [5, 5.41) is 8.86. The average Bonchev–Trinajstić information content (AvgIpc) is 2.39. The predicted octanol–water partition coefficient (Wildman–Crippen LogP) is -0.117. The minimum absolute atomic E-state index is 0.0277. The summed E-state index contributed by atoms with van der Waals surface area (Å²) in [5.41, 5.74) is -0.570. The predicted molar refractivity (Wildman–Crippen MR) is 89.7 cm³/mol. The number of benzene rings is 1. The molecule has 0 radical (unpaired) electrons. The van der Waals surface area contributed by atoms with Crippen molar-refractivity contribution in [3.8, 4) is 0 Å². The Kier molecular flexibility index (Phi) is 6.97. The van der Waals surface area contributed by atoms with E-state index in [1.807, 2.05) is 0 Å². The molecule has 0 aromatic heterocycles. The summed E-state index contributed by atoms with van der Waals surface area (Å²) in [4.78, 5) is 10.3. The lowest BCUT2D eigenvalue weighted by Gasteiger charge is -2.14. The van der Waals surface area contributed by atoms with E-state index < -0.39 is 58.6 Å². The van der Waals surface area contributed by atoms with Crippen molar-refractivity contribution in [3.05, 3.63) is 18.2 Å². The Balaban J connectivity index is 3.40. The Morgan fingerprint density at radius 3 is 1.96 bits per heavy atom. The topological polar surface area (TPSA) is 220 Å². The number of carbonyl (C=O) groups is 1. The Morgan fingerprint density at radius 1 is 1.04 bits per heavy atom. The van der Waals surface area contributed by atoms with Gasteiger partial charge in [0.15, 0.2) is 11.8 Å². The minimum Gasteiger partial charge on any atom is -0.326 e. The number of nitrogens with one attached hydrogen (secondary N) is 1. The van der Waals surface area contributed by atoms with Crippen molar-refractivity contribution in [2.24, 2.45) is 10.3 Å². The molecule has 0 aliphatic carbocycles. The van der Waals surface area contributed by atoms with E-state index in [1.165, 1.54) is 0 Å². The maximum absolute atomic E-state index is 11.4. The highest BCUT2D eigenvalue weighted by Gasteiger charge is 2.20. The molecular weight excluding hydrogens is 432 g/mol. The van der Waals surface area contributed by atoms with Crippen LogP contribution in [0.3, 0.4) is 0 Å². The van der Waals surface area contributed by atoms with Crippen molar-refractivity contribution in [1.82, 2.24) is 5.01 Å². The number of hydrogen-bond acceptors (Lipinski definition) is 9. The monoisotopic (exact) mass is 446 g/mol. The minimum atomic E-state index is -4.82. The molecule has 1 aromatic carbocycles. The van der Waals surface area contributed by atoms with Gasteiger partial charge in [0.2, 0.25) is 5.91 Å². The van der Waals surface area contributed by atoms with Gasteiger partial charge in [0, 0.05) is 12.6 Å². The first kappa shape index (κ1) is 22.9. The van der Waals surface area contributed by atoms with Gasteiger partial charge in [-0.2, -0.15) is 25.3 Å². The second kappa shape index (κ2) is 8.23. The van der Waals surface area contributed by atoms with E-state index >= 15 is 0 Å². The Hall–Kier alpha value is -2.18. The van der Waals surface area contributed by atoms with Gasteiger partial charge < -0.3 is 5.32 Å². The third-order valence-electron chi connectivity index (χ3n) is 2.46. The summed E-state index contributed by atoms with van der Waals surface area (Å²) < 4.78 is 93.0. The zero-order valence-electron chi connectivity index (χ0n) is 13.4. The molecule has 152 valence electrons. The van der Waals surface area contributed by atoms with Crippen LogP contribution in [-0.2, 0) is 35.1 Å². The standard InChI is InChI=1S/C10H14N4O10S3/c1-7(15)11-8-2-3-10(27(22,23)24)9(4-8)12-13-14(5-25(16,17)18)6-26(19,20)21/h2-4H,5-6H2,1H3,(H,11,15)(H,16,17,18)(H,19,20,21)(H,22,23,24). The van der Waals surface area contributed by atoms with Crippen molar-refractivity contribution >= 4 is 47.6 Å². The summed E-state index contributed by atoms with van der Waals surface area (Å²) >= 11 is 0. The van der Waals surface area contributed by atoms with Crippen LogP contribution in [0, 0.1) is 0 Å². The quantitative estimate of drug-likeness (QED) is 0.234. The summed E-state index contributed by atoms with van der Waals surface area (Å²) in [6.07, 6.45) is 0. The fourth-order valence-corrected chi connectivity index (χ4v) is 3.43. The summed E-state index contributed by atoms with van der Waals surface area (Å²) in [6, 6.07) is 2.90. The molecule has 0 aliphatic heterocycles. The lowest BCUT2D eigenvalue weighted by molar-refractivity contribution is -0.114. The molecule has 0 unspecified atom stereocenters. The van der Waals surface area contributed by atoms with E-state index in [0.29, 0.717) is 0 Å². The highest BCUT2D eigenvalue weighted by atomic mass is 32.2. The zero-order valence-corrected chi connectivity index (χ0v) is 15.9. The summed E-state index contributed by atoms with van der Waals surface area (Å²) in [6.45, 7) is 1.15. The van der Waals surface area contributed by atoms with Crippen LogP contribution < -0.4 is 5.32 Å². The maximum atomic E-state index is 11.4. The van der Waals surface area contributed by atoms with Crippen LogP contribution in [0.5, 0.6) is 0 Å². The highest BCUT2D eigenvalue weighted by molar-refractivity contribution is 7.86. The van der Waals surface area contributed by atoms with Crippen molar-refractivity contribution in [3.63, 3.8) is 0 Å². The molecule has 0 heterocycles. The second-order valence-electron chi connectivity index (χ2n) is 4.96. The molecule has 27 heavy (non-hydrogen) atoms. The van der Waals surface area contributed by atoms with Crippen LogP contribution in [-0.4, -0.2) is 61.6 Å². The number of nitrogens with zero attached hydrogens (tertiary/aromatic N) is 3. The maximum Gasteiger partial charge on any atom is 0.296 e. The van der Waals surface area contributed by atoms with Crippen molar-refractivity contribution < 1.29 is 43.7 Å². The lowest BCUT2D eigenvalue weighted by Crippen LogP contribution is -2.29. The van der Waals surface area contributed by atoms with E-state index in [9.17, 15) is 34.6 Å². The molecule has 0 spiro atoms. The van der Waals surface area contributed by atoms with Gasteiger partial charge in [0.05, 0.1) is 0 Å². The van der Waals surface area contributed by atoms with Crippen LogP contribution in [0.2, 0.25) is 0 Å². The molecule has 0 fully saturated rings. The summed E-state index contributed by atoms with van der Waals surface area (Å²) in [7, 11) is -14.4. The fraction of sp³-hybridized carbons (Fsp3) is 0.300. The smallest absolute Gasteiger partial charge is 0.296 e. The van der Waals surface area contributed by atoms with E-state index in [2.05, 4.69) is 15.7 Å². The second-order valence-corrected chi connectivity index (χ2v) is 9.19. The number of amides is 1. The van der Waals surface area contributed by atoms with Gasteiger partial charge in [-0.25, -0.2) is 5.01 Å². The first-order valence-corrected chi connectivity index (χ1v) is 11.2. The number of anilines is 1. The molecular formula is C10H14N4O10S3. The molecule has 0 saturated heterocycles. The Morgan fingerprint density at radius 2 is 1.56 bits per heavy atom. The van der Waals surface area contributed by atoms with E-state index in [-0.39, 0.29) is 10.7 Å². The third kappa shape index (κ3) is 8.84. The largest absolute Gasteiger partial charge is 0.326 e. The molecule has 0 aliphatic rings. The van der Waals surface area contributed by atoms with Crippen molar-refractivity contribution in [2.45, 2.75) is 11.8 Å². The molecule has 0 atom stereocenters. The van der Waals surface area contributed by atoms with Gasteiger partial charge in [-0.05, 0) is 18.2 Å². The molecule has 4 N–H and O–H groups in total. The van der Waals surface area contributed by atoms with Crippen LogP contribution in [0.15, 0.2) is 33.4 Å². The van der Waals surface area contributed by atoms with Gasteiger partial charge in [0.1, 0.15) is 10.6 Å². The van der Waals surface area contributed by atoms with Crippen LogP contribution in [0.25, 0.3) is 0 Å². The van der Waals surface area contributed by atoms with E-state index in [1.54, 1.807) is 0 Å². The average molecular weight is 446 g/mol. The van der Waals surface area contributed by atoms with Crippen LogP contribution >= 0.6 is 0 Å². The Bertz CT molecular complexity index is 1030. The van der Waals surface area contributed by atoms with Gasteiger partial charge in [0.25, 0.3) is 30.4 Å². The summed E-state index contributed by atoms with van der Waals surface area (Å²) in [5.74, 6) is -3.33. The van der Waals surface area contributed by atoms with Gasteiger partial charge in [-0.1, -0.05) is 5.22 Å². The lowest BCUT2D eigenvalue weighted by atomic mass is 10.3. The van der Waals surface area contributed by atoms with Crippen molar-refractivity contribution in [1.29, 1.82) is 0 Å². The number of carbonyl (C=O) groups excluding carboxylic acids is 1. The highest BCUT2D eigenvalue weighted by Crippen LogP contribution is 2.28. The van der Waals surface area contributed by atoms with Crippen molar-refractivity contribution in [2.75, 3.05) is 17.1 Å². The van der Waals surface area contributed by atoms with Gasteiger partial charge in [-0.3, -0.25) is 18.5 Å². The van der Waals surface area contributed by atoms with Crippen LogP contribution in [0.4, 0.5) is 11.4 Å². The molecule has 1 rings (SSSR count). The molecule has 17 heteroatoms. The third-order valence-corrected chi connectivity index (χ3v) is 4.61. The fourth-order valence-electron chi connectivity index (χ4n) is 1.67. The molecule has 1 amide bonds. The number of hydrogen-bond donors (Lipinski definition) is 4. The first-order chi connectivity index (χ1) is 12.1. The van der Waals surface area contributed by atoms with E-state index in [4.69, 9.17) is 9.11 Å². The molecule has 1 aromatic rings. The van der Waals surface area contributed by atoms with Gasteiger partial charge >= 0.3 is 0 Å². The van der Waals surface area contributed by atoms with Gasteiger partial charge in [-0.15, -0.1) is 5.11 Å². The molecule has 0 saturated carbocycles. The zero-order chi connectivity index (χ0) is 21.0. The normalized spacial score (nSPS) is 12.9. The molecule has 0 bridgehead atoms. The van der Waals surface area contributed by atoms with E-state index in [0.717, 1.165) is 25.1 Å².